The van der Waals surface area contributed by atoms with Crippen LogP contribution in [-0.2, 0) is 15.0 Å². The molecule has 0 aromatic heterocycles. The van der Waals surface area contributed by atoms with E-state index in [1.165, 1.54) is 22.7 Å². The molecule has 1 fully saturated rings. The standard InChI is InChI=1S/C16H24N4O4S/c1-19(2)25(23,24)20-10-8-14(9-11-20)18-15(21)12-17-16(22)13-6-4-3-5-7-13/h3-7,14H,8-12H2,1-2H3,(H,17,22)(H,18,21). The number of nitrogens with zero attached hydrogens (tertiary/aromatic N) is 2. The molecular formula is C16H24N4O4S. The van der Waals surface area contributed by atoms with Crippen LogP contribution in [0.3, 0.4) is 0 Å². The van der Waals surface area contributed by atoms with E-state index in [4.69, 9.17) is 0 Å². The third-order valence-electron chi connectivity index (χ3n) is 4.05. The molecule has 0 bridgehead atoms. The number of hydrogen-bond acceptors (Lipinski definition) is 4. The van der Waals surface area contributed by atoms with Gasteiger partial charge in [0.05, 0.1) is 6.54 Å². The number of benzene rings is 1. The lowest BCUT2D eigenvalue weighted by Crippen LogP contribution is -2.50. The Kier molecular flexibility index (Phi) is 6.51. The van der Waals surface area contributed by atoms with Gasteiger partial charge in [-0.1, -0.05) is 18.2 Å². The number of hydrogen-bond donors (Lipinski definition) is 2. The van der Waals surface area contributed by atoms with Crippen LogP contribution in [0.2, 0.25) is 0 Å². The molecule has 25 heavy (non-hydrogen) atoms. The molecule has 1 aromatic rings. The summed E-state index contributed by atoms with van der Waals surface area (Å²) >= 11 is 0. The molecule has 1 aliphatic heterocycles. The molecule has 1 saturated heterocycles. The van der Waals surface area contributed by atoms with Crippen molar-refractivity contribution < 1.29 is 18.0 Å². The van der Waals surface area contributed by atoms with E-state index in [1.54, 1.807) is 24.3 Å². The average molecular weight is 368 g/mol. The van der Waals surface area contributed by atoms with Crippen molar-refractivity contribution in [3.63, 3.8) is 0 Å². The van der Waals surface area contributed by atoms with Crippen LogP contribution in [0, 0.1) is 0 Å². The molecule has 8 nitrogen and oxygen atoms in total. The lowest BCUT2D eigenvalue weighted by molar-refractivity contribution is -0.121. The van der Waals surface area contributed by atoms with Crippen LogP contribution in [0.1, 0.15) is 23.2 Å². The lowest BCUT2D eigenvalue weighted by atomic mass is 10.1. The fraction of sp³-hybridized carbons (Fsp3) is 0.500. The highest BCUT2D eigenvalue weighted by atomic mass is 32.2. The van der Waals surface area contributed by atoms with E-state index >= 15 is 0 Å². The van der Waals surface area contributed by atoms with Crippen LogP contribution in [0.4, 0.5) is 0 Å². The predicted molar refractivity (Wildman–Crippen MR) is 94.1 cm³/mol. The van der Waals surface area contributed by atoms with Crippen molar-refractivity contribution in [2.24, 2.45) is 0 Å². The van der Waals surface area contributed by atoms with Gasteiger partial charge in [0.15, 0.2) is 0 Å². The second-order valence-electron chi connectivity index (χ2n) is 6.08. The molecule has 2 rings (SSSR count). The zero-order chi connectivity index (χ0) is 18.4. The van der Waals surface area contributed by atoms with Crippen molar-refractivity contribution >= 4 is 22.0 Å². The van der Waals surface area contributed by atoms with Gasteiger partial charge < -0.3 is 10.6 Å². The minimum atomic E-state index is -3.41. The summed E-state index contributed by atoms with van der Waals surface area (Å²) in [6.07, 6.45) is 1.09. The van der Waals surface area contributed by atoms with Crippen molar-refractivity contribution in [1.29, 1.82) is 0 Å². The molecule has 1 heterocycles. The van der Waals surface area contributed by atoms with Gasteiger partial charge in [0, 0.05) is 38.8 Å². The highest BCUT2D eigenvalue weighted by Crippen LogP contribution is 2.15. The van der Waals surface area contributed by atoms with Crippen LogP contribution in [0.5, 0.6) is 0 Å². The topological polar surface area (TPSA) is 98.8 Å². The van der Waals surface area contributed by atoms with Crippen LogP contribution in [0.25, 0.3) is 0 Å². The van der Waals surface area contributed by atoms with Gasteiger partial charge >= 0.3 is 0 Å². The SMILES string of the molecule is CN(C)S(=O)(=O)N1CCC(NC(=O)CNC(=O)c2ccccc2)CC1. The Hall–Kier alpha value is -1.97. The summed E-state index contributed by atoms with van der Waals surface area (Å²) in [7, 11) is -0.410. The first-order valence-corrected chi connectivity index (χ1v) is 9.50. The van der Waals surface area contributed by atoms with Crippen molar-refractivity contribution in [3.05, 3.63) is 35.9 Å². The molecule has 1 aromatic carbocycles. The van der Waals surface area contributed by atoms with E-state index in [1.807, 2.05) is 6.07 Å². The van der Waals surface area contributed by atoms with E-state index in [2.05, 4.69) is 10.6 Å². The van der Waals surface area contributed by atoms with E-state index in [0.717, 1.165) is 0 Å². The summed E-state index contributed by atoms with van der Waals surface area (Å²) < 4.78 is 26.7. The number of carbonyl (C=O) groups is 2. The van der Waals surface area contributed by atoms with Gasteiger partial charge in [-0.15, -0.1) is 0 Å². The fourth-order valence-corrected chi connectivity index (χ4v) is 3.73. The average Bonchev–Trinajstić information content (AvgIpc) is 2.60. The zero-order valence-electron chi connectivity index (χ0n) is 14.4. The van der Waals surface area contributed by atoms with Crippen molar-refractivity contribution in [1.82, 2.24) is 19.2 Å². The Bertz CT molecular complexity index is 698. The van der Waals surface area contributed by atoms with Crippen molar-refractivity contribution in [2.75, 3.05) is 33.7 Å². The highest BCUT2D eigenvalue weighted by molar-refractivity contribution is 7.86. The van der Waals surface area contributed by atoms with Crippen molar-refractivity contribution in [3.8, 4) is 0 Å². The monoisotopic (exact) mass is 368 g/mol. The Morgan fingerprint density at radius 1 is 1.16 bits per heavy atom. The highest BCUT2D eigenvalue weighted by Gasteiger charge is 2.29. The van der Waals surface area contributed by atoms with Gasteiger partial charge in [-0.25, -0.2) is 0 Å². The van der Waals surface area contributed by atoms with Gasteiger partial charge in [-0.05, 0) is 25.0 Å². The van der Waals surface area contributed by atoms with Gasteiger partial charge in [0.25, 0.3) is 16.1 Å². The molecule has 0 spiro atoms. The molecule has 2 amide bonds. The van der Waals surface area contributed by atoms with Crippen molar-refractivity contribution in [2.45, 2.75) is 18.9 Å². The Balaban J connectivity index is 1.75. The van der Waals surface area contributed by atoms with E-state index < -0.39 is 10.2 Å². The summed E-state index contributed by atoms with van der Waals surface area (Å²) in [5.74, 6) is -0.583. The van der Waals surface area contributed by atoms with Crippen LogP contribution in [-0.4, -0.2) is 68.6 Å². The van der Waals surface area contributed by atoms with E-state index in [9.17, 15) is 18.0 Å². The van der Waals surface area contributed by atoms with Gasteiger partial charge in [0.1, 0.15) is 0 Å². The summed E-state index contributed by atoms with van der Waals surface area (Å²) in [4.78, 5) is 23.9. The third kappa shape index (κ3) is 5.25. The molecule has 0 radical (unpaired) electrons. The first-order valence-electron chi connectivity index (χ1n) is 8.11. The van der Waals surface area contributed by atoms with E-state index in [0.29, 0.717) is 31.5 Å². The number of rotatable bonds is 6. The zero-order valence-corrected chi connectivity index (χ0v) is 15.3. The minimum absolute atomic E-state index is 0.0882. The molecular weight excluding hydrogens is 344 g/mol. The summed E-state index contributed by atoms with van der Waals surface area (Å²) in [5.41, 5.74) is 0.498. The van der Waals surface area contributed by atoms with Gasteiger partial charge in [-0.2, -0.15) is 17.0 Å². The molecule has 9 heteroatoms. The second kappa shape index (κ2) is 8.41. The van der Waals surface area contributed by atoms with Crippen LogP contribution in [0.15, 0.2) is 30.3 Å². The summed E-state index contributed by atoms with van der Waals surface area (Å²) in [5, 5.41) is 5.41. The Morgan fingerprint density at radius 2 is 1.76 bits per heavy atom. The molecule has 0 atom stereocenters. The molecule has 0 saturated carbocycles. The van der Waals surface area contributed by atoms with Crippen LogP contribution < -0.4 is 10.6 Å². The Labute approximate surface area is 148 Å². The normalized spacial score (nSPS) is 16.6. The molecule has 0 aliphatic carbocycles. The molecule has 0 unspecified atom stereocenters. The Morgan fingerprint density at radius 3 is 2.32 bits per heavy atom. The summed E-state index contributed by atoms with van der Waals surface area (Å²) in [6, 6.07) is 8.58. The number of piperidine rings is 1. The third-order valence-corrected chi connectivity index (χ3v) is 5.99. The number of carbonyl (C=O) groups excluding carboxylic acids is 2. The van der Waals surface area contributed by atoms with Gasteiger partial charge in [-0.3, -0.25) is 9.59 Å². The first kappa shape index (κ1) is 19.4. The smallest absolute Gasteiger partial charge is 0.281 e. The predicted octanol–water partition coefficient (Wildman–Crippen LogP) is -0.197. The second-order valence-corrected chi connectivity index (χ2v) is 8.22. The maximum Gasteiger partial charge on any atom is 0.281 e. The maximum absolute atomic E-state index is 12.0. The summed E-state index contributed by atoms with van der Waals surface area (Å²) in [6.45, 7) is 0.619. The fourth-order valence-electron chi connectivity index (χ4n) is 2.59. The molecule has 1 aliphatic rings. The van der Waals surface area contributed by atoms with Crippen LogP contribution >= 0.6 is 0 Å². The lowest BCUT2D eigenvalue weighted by Gasteiger charge is -2.33. The maximum atomic E-state index is 12.0. The van der Waals surface area contributed by atoms with E-state index in [-0.39, 0.29) is 24.4 Å². The molecule has 138 valence electrons. The van der Waals surface area contributed by atoms with Gasteiger partial charge in [0.2, 0.25) is 5.91 Å². The molecule has 2 N–H and O–H groups in total. The minimum Gasteiger partial charge on any atom is -0.352 e. The quantitative estimate of drug-likeness (QED) is 0.727. The largest absolute Gasteiger partial charge is 0.352 e. The number of amides is 2. The number of nitrogens with one attached hydrogen (secondary N) is 2. The first-order chi connectivity index (χ1) is 11.8.